The smallest absolute Gasteiger partial charge is 0.321 e. The van der Waals surface area contributed by atoms with Crippen LogP contribution in [0.3, 0.4) is 0 Å². The number of nitrogens with zero attached hydrogens (tertiary/aromatic N) is 2. The van der Waals surface area contributed by atoms with Gasteiger partial charge in [0.1, 0.15) is 11.4 Å². The molecule has 0 N–H and O–H groups in total. The standard InChI is InChI=1S/C12H17BrN2O4S/c1-3-5-15(9-12(16)19-4-2)20(17,18)11-6-10(13)7-14-8-11/h6-8H,3-5,9H2,1-2H3. The Morgan fingerprint density at radius 2 is 2.10 bits per heavy atom. The highest BCUT2D eigenvalue weighted by atomic mass is 79.9. The van der Waals surface area contributed by atoms with Crippen LogP contribution < -0.4 is 0 Å². The molecule has 0 aromatic carbocycles. The monoisotopic (exact) mass is 364 g/mol. The molecule has 0 saturated heterocycles. The van der Waals surface area contributed by atoms with E-state index in [-0.39, 0.29) is 24.6 Å². The van der Waals surface area contributed by atoms with E-state index in [2.05, 4.69) is 20.9 Å². The van der Waals surface area contributed by atoms with E-state index < -0.39 is 16.0 Å². The number of rotatable bonds is 7. The van der Waals surface area contributed by atoms with E-state index in [1.165, 1.54) is 18.5 Å². The molecule has 1 aromatic heterocycles. The third-order valence-corrected chi connectivity index (χ3v) is 4.65. The van der Waals surface area contributed by atoms with Crippen molar-refractivity contribution in [2.24, 2.45) is 0 Å². The summed E-state index contributed by atoms with van der Waals surface area (Å²) >= 11 is 3.18. The zero-order valence-electron chi connectivity index (χ0n) is 11.4. The normalized spacial score (nSPS) is 11.6. The molecular weight excluding hydrogens is 348 g/mol. The van der Waals surface area contributed by atoms with Crippen LogP contribution in [0.4, 0.5) is 0 Å². The number of carbonyl (C=O) groups is 1. The molecule has 0 fully saturated rings. The highest BCUT2D eigenvalue weighted by Crippen LogP contribution is 2.19. The molecule has 0 saturated carbocycles. The molecule has 1 aromatic rings. The van der Waals surface area contributed by atoms with Gasteiger partial charge in [-0.1, -0.05) is 6.92 Å². The van der Waals surface area contributed by atoms with E-state index in [9.17, 15) is 13.2 Å². The van der Waals surface area contributed by atoms with Gasteiger partial charge in [0.25, 0.3) is 0 Å². The Morgan fingerprint density at radius 3 is 2.65 bits per heavy atom. The quantitative estimate of drug-likeness (QED) is 0.689. The minimum atomic E-state index is -3.76. The van der Waals surface area contributed by atoms with E-state index in [4.69, 9.17) is 4.74 Å². The summed E-state index contributed by atoms with van der Waals surface area (Å²) in [7, 11) is -3.76. The molecule has 0 aliphatic heterocycles. The number of esters is 1. The Labute approximate surface area is 127 Å². The summed E-state index contributed by atoms with van der Waals surface area (Å²) in [6.07, 6.45) is 3.35. The van der Waals surface area contributed by atoms with Gasteiger partial charge in [0.05, 0.1) is 6.61 Å². The molecular formula is C12H17BrN2O4S. The van der Waals surface area contributed by atoms with Crippen molar-refractivity contribution in [2.45, 2.75) is 25.2 Å². The van der Waals surface area contributed by atoms with Gasteiger partial charge in [0.2, 0.25) is 10.0 Å². The van der Waals surface area contributed by atoms with Crippen LogP contribution >= 0.6 is 15.9 Å². The molecule has 112 valence electrons. The number of halogens is 1. The topological polar surface area (TPSA) is 76.6 Å². The van der Waals surface area contributed by atoms with Crippen molar-refractivity contribution in [1.82, 2.24) is 9.29 Å². The predicted molar refractivity (Wildman–Crippen MR) is 77.6 cm³/mol. The second kappa shape index (κ2) is 7.70. The molecule has 0 spiro atoms. The van der Waals surface area contributed by atoms with E-state index in [0.717, 1.165) is 4.31 Å². The molecule has 0 amide bonds. The Morgan fingerprint density at radius 1 is 1.40 bits per heavy atom. The lowest BCUT2D eigenvalue weighted by molar-refractivity contribution is -0.143. The van der Waals surface area contributed by atoms with E-state index >= 15 is 0 Å². The van der Waals surface area contributed by atoms with Gasteiger partial charge in [-0.05, 0) is 35.3 Å². The average Bonchev–Trinajstić information content (AvgIpc) is 2.38. The van der Waals surface area contributed by atoms with E-state index in [1.54, 1.807) is 6.92 Å². The maximum absolute atomic E-state index is 12.5. The van der Waals surface area contributed by atoms with Crippen LogP contribution in [0.2, 0.25) is 0 Å². The highest BCUT2D eigenvalue weighted by molar-refractivity contribution is 9.10. The highest BCUT2D eigenvalue weighted by Gasteiger charge is 2.26. The average molecular weight is 365 g/mol. The summed E-state index contributed by atoms with van der Waals surface area (Å²) in [6, 6.07) is 1.45. The lowest BCUT2D eigenvalue weighted by Crippen LogP contribution is -2.37. The molecule has 1 heterocycles. The first-order valence-electron chi connectivity index (χ1n) is 6.18. The van der Waals surface area contributed by atoms with Crippen LogP contribution in [0.15, 0.2) is 27.8 Å². The fourth-order valence-electron chi connectivity index (χ4n) is 1.57. The van der Waals surface area contributed by atoms with Crippen LogP contribution in [-0.2, 0) is 19.6 Å². The van der Waals surface area contributed by atoms with Gasteiger partial charge in [-0.25, -0.2) is 8.42 Å². The number of sulfonamides is 1. The van der Waals surface area contributed by atoms with Gasteiger partial charge in [-0.3, -0.25) is 9.78 Å². The summed E-state index contributed by atoms with van der Waals surface area (Å²) in [6.45, 7) is 3.68. The summed E-state index contributed by atoms with van der Waals surface area (Å²) < 4.78 is 31.4. The molecule has 0 bridgehead atoms. The van der Waals surface area contributed by atoms with Crippen LogP contribution in [0.1, 0.15) is 20.3 Å². The van der Waals surface area contributed by atoms with Crippen molar-refractivity contribution >= 4 is 31.9 Å². The number of hydrogen-bond acceptors (Lipinski definition) is 5. The largest absolute Gasteiger partial charge is 0.465 e. The van der Waals surface area contributed by atoms with Crippen molar-refractivity contribution in [3.05, 3.63) is 22.9 Å². The van der Waals surface area contributed by atoms with Crippen molar-refractivity contribution in [3.8, 4) is 0 Å². The zero-order valence-corrected chi connectivity index (χ0v) is 13.8. The van der Waals surface area contributed by atoms with Crippen LogP contribution in [0, 0.1) is 0 Å². The van der Waals surface area contributed by atoms with Crippen molar-refractivity contribution in [2.75, 3.05) is 19.7 Å². The molecule has 1 rings (SSSR count). The first kappa shape index (κ1) is 17.1. The molecule has 8 heteroatoms. The third kappa shape index (κ3) is 4.53. The Balaban J connectivity index is 3.03. The van der Waals surface area contributed by atoms with Gasteiger partial charge >= 0.3 is 5.97 Å². The number of hydrogen-bond donors (Lipinski definition) is 0. The zero-order chi connectivity index (χ0) is 15.2. The Kier molecular flexibility index (Phi) is 6.57. The summed E-state index contributed by atoms with van der Waals surface area (Å²) in [5.74, 6) is -0.563. The summed E-state index contributed by atoms with van der Waals surface area (Å²) in [4.78, 5) is 15.4. The summed E-state index contributed by atoms with van der Waals surface area (Å²) in [5.41, 5.74) is 0. The van der Waals surface area contributed by atoms with Crippen LogP contribution in [0.5, 0.6) is 0 Å². The van der Waals surface area contributed by atoms with Gasteiger partial charge in [0, 0.05) is 23.4 Å². The SMILES string of the molecule is CCCN(CC(=O)OCC)S(=O)(=O)c1cncc(Br)c1. The first-order chi connectivity index (χ1) is 9.41. The number of pyridine rings is 1. The van der Waals surface area contributed by atoms with Gasteiger partial charge in [-0.2, -0.15) is 4.31 Å². The Hall–Kier alpha value is -0.990. The third-order valence-electron chi connectivity index (χ3n) is 2.40. The maximum atomic E-state index is 12.5. The second-order valence-electron chi connectivity index (χ2n) is 3.98. The van der Waals surface area contributed by atoms with Crippen LogP contribution in [-0.4, -0.2) is 43.4 Å². The predicted octanol–water partition coefficient (Wildman–Crippen LogP) is 1.81. The molecule has 6 nitrogen and oxygen atoms in total. The van der Waals surface area contributed by atoms with Crippen LogP contribution in [0.25, 0.3) is 0 Å². The van der Waals surface area contributed by atoms with Gasteiger partial charge < -0.3 is 4.74 Å². The molecule has 0 aliphatic carbocycles. The minimum Gasteiger partial charge on any atom is -0.465 e. The van der Waals surface area contributed by atoms with Gasteiger partial charge in [-0.15, -0.1) is 0 Å². The molecule has 0 unspecified atom stereocenters. The number of carbonyl (C=O) groups excluding carboxylic acids is 1. The molecule has 20 heavy (non-hydrogen) atoms. The summed E-state index contributed by atoms with van der Waals surface area (Å²) in [5, 5.41) is 0. The lowest BCUT2D eigenvalue weighted by atomic mass is 10.5. The number of aromatic nitrogens is 1. The van der Waals surface area contributed by atoms with Crippen molar-refractivity contribution in [3.63, 3.8) is 0 Å². The Bertz CT molecular complexity index is 562. The fraction of sp³-hybridized carbons (Fsp3) is 0.500. The maximum Gasteiger partial charge on any atom is 0.321 e. The fourth-order valence-corrected chi connectivity index (χ4v) is 3.55. The van der Waals surface area contributed by atoms with E-state index in [1.807, 2.05) is 6.92 Å². The first-order valence-corrected chi connectivity index (χ1v) is 8.41. The van der Waals surface area contributed by atoms with Crippen molar-refractivity contribution in [1.29, 1.82) is 0 Å². The minimum absolute atomic E-state index is 0.0459. The van der Waals surface area contributed by atoms with E-state index in [0.29, 0.717) is 10.9 Å². The van der Waals surface area contributed by atoms with Crippen molar-refractivity contribution < 1.29 is 17.9 Å². The molecule has 0 radical (unpaired) electrons. The molecule has 0 atom stereocenters. The van der Waals surface area contributed by atoms with Gasteiger partial charge in [0.15, 0.2) is 0 Å². The second-order valence-corrected chi connectivity index (χ2v) is 6.84. The number of ether oxygens (including phenoxy) is 1. The molecule has 0 aliphatic rings. The lowest BCUT2D eigenvalue weighted by Gasteiger charge is -2.20.